The van der Waals surface area contributed by atoms with E-state index in [0.29, 0.717) is 5.57 Å². The molecule has 0 aromatic rings. The van der Waals surface area contributed by atoms with Crippen LogP contribution in [0, 0.1) is 5.92 Å². The van der Waals surface area contributed by atoms with Crippen LogP contribution in [-0.2, 0) is 9.53 Å². The fraction of sp³-hybridized carbons (Fsp3) is 0.500. The van der Waals surface area contributed by atoms with Crippen molar-refractivity contribution in [3.05, 3.63) is 36.0 Å². The van der Waals surface area contributed by atoms with Gasteiger partial charge in [0.2, 0.25) is 0 Å². The van der Waals surface area contributed by atoms with Crippen LogP contribution in [0.25, 0.3) is 0 Å². The van der Waals surface area contributed by atoms with E-state index in [9.17, 15) is 4.79 Å². The monoisotopic (exact) mass is 220 g/mol. The number of esters is 1. The minimum absolute atomic E-state index is 0.271. The lowest BCUT2D eigenvalue weighted by Gasteiger charge is -2.26. The number of allylic oxidation sites excluding steroid dienone is 3. The highest BCUT2D eigenvalue weighted by atomic mass is 16.5. The summed E-state index contributed by atoms with van der Waals surface area (Å²) in [6, 6.07) is 0. The molecule has 0 spiro atoms. The first-order valence-electron chi connectivity index (χ1n) is 5.79. The van der Waals surface area contributed by atoms with Crippen molar-refractivity contribution in [2.45, 2.75) is 32.6 Å². The first-order chi connectivity index (χ1) is 7.72. The molecule has 88 valence electrons. The Balaban J connectivity index is 2.88. The molecule has 1 fully saturated rings. The lowest BCUT2D eigenvalue weighted by Crippen LogP contribution is -2.13. The smallest absolute Gasteiger partial charge is 0.338 e. The topological polar surface area (TPSA) is 26.3 Å². The molecule has 2 nitrogen and oxygen atoms in total. The van der Waals surface area contributed by atoms with Gasteiger partial charge in [-0.2, -0.15) is 0 Å². The van der Waals surface area contributed by atoms with Crippen molar-refractivity contribution in [1.82, 2.24) is 0 Å². The summed E-state index contributed by atoms with van der Waals surface area (Å²) in [4.78, 5) is 11.6. The molecule has 1 rings (SSSR count). The highest BCUT2D eigenvalue weighted by Gasteiger charge is 2.20. The Morgan fingerprint density at radius 1 is 1.50 bits per heavy atom. The molecule has 0 bridgehead atoms. The molecule has 0 aromatic carbocycles. The van der Waals surface area contributed by atoms with E-state index in [4.69, 9.17) is 4.74 Å². The fourth-order valence-corrected chi connectivity index (χ4v) is 1.89. The minimum Gasteiger partial charge on any atom is -0.465 e. The molecule has 1 aliphatic carbocycles. The van der Waals surface area contributed by atoms with Crippen LogP contribution >= 0.6 is 0 Å². The highest BCUT2D eigenvalue weighted by molar-refractivity contribution is 5.92. The first kappa shape index (κ1) is 12.8. The normalized spacial score (nSPS) is 17.9. The van der Waals surface area contributed by atoms with Crippen molar-refractivity contribution in [1.29, 1.82) is 0 Å². The molecule has 0 saturated heterocycles. The number of hydrogen-bond donors (Lipinski definition) is 0. The van der Waals surface area contributed by atoms with E-state index in [1.165, 1.54) is 26.4 Å². The largest absolute Gasteiger partial charge is 0.465 e. The van der Waals surface area contributed by atoms with Crippen molar-refractivity contribution in [2.75, 3.05) is 7.11 Å². The van der Waals surface area contributed by atoms with Gasteiger partial charge in [0.15, 0.2) is 0 Å². The number of carbonyl (C=O) groups is 1. The Kier molecular flexibility index (Phi) is 5.03. The molecule has 0 amide bonds. The van der Waals surface area contributed by atoms with Gasteiger partial charge in [-0.05, 0) is 24.8 Å². The third-order valence-corrected chi connectivity index (χ3v) is 3.06. The summed E-state index contributed by atoms with van der Waals surface area (Å²) in [7, 11) is 1.41. The van der Waals surface area contributed by atoms with Crippen LogP contribution in [0.4, 0.5) is 0 Å². The van der Waals surface area contributed by atoms with E-state index >= 15 is 0 Å². The minimum atomic E-state index is -0.271. The van der Waals surface area contributed by atoms with Gasteiger partial charge in [-0.15, -0.1) is 0 Å². The van der Waals surface area contributed by atoms with Gasteiger partial charge in [-0.1, -0.05) is 44.1 Å². The first-order valence-corrected chi connectivity index (χ1v) is 5.79. The summed E-state index contributed by atoms with van der Waals surface area (Å²) in [5, 5.41) is 0. The molecule has 16 heavy (non-hydrogen) atoms. The van der Waals surface area contributed by atoms with E-state index in [1.807, 2.05) is 19.1 Å². The Morgan fingerprint density at radius 3 is 2.56 bits per heavy atom. The number of carbonyl (C=O) groups excluding carboxylic acids is 1. The van der Waals surface area contributed by atoms with Gasteiger partial charge in [0.05, 0.1) is 12.7 Å². The number of ether oxygens (including phenoxy) is 1. The van der Waals surface area contributed by atoms with Gasteiger partial charge >= 0.3 is 5.97 Å². The molecule has 1 aliphatic rings. The highest BCUT2D eigenvalue weighted by Crippen LogP contribution is 2.33. The molecule has 0 heterocycles. The average Bonchev–Trinajstić information content (AvgIpc) is 2.25. The molecule has 0 radical (unpaired) electrons. The predicted octanol–water partition coefficient (Wildman–Crippen LogP) is 3.41. The second-order valence-corrected chi connectivity index (χ2v) is 4.14. The molecule has 0 N–H and O–H groups in total. The van der Waals surface area contributed by atoms with E-state index in [0.717, 1.165) is 17.9 Å². The second kappa shape index (κ2) is 6.31. The molecular formula is C14H20O2. The van der Waals surface area contributed by atoms with E-state index in [1.54, 1.807) is 6.08 Å². The quantitative estimate of drug-likeness (QED) is 0.403. The van der Waals surface area contributed by atoms with Crippen molar-refractivity contribution in [3.63, 3.8) is 0 Å². The van der Waals surface area contributed by atoms with Crippen molar-refractivity contribution >= 4 is 5.97 Å². The zero-order valence-electron chi connectivity index (χ0n) is 10.2. The molecule has 0 aliphatic heterocycles. The molecule has 2 heteroatoms. The standard InChI is InChI=1S/C14H20O2/c1-4-7-13(14(15)16-3)12(5-2)10-11-8-6-9-11/h4-5,7,11H,2,6,8-10H2,1,3H3/b7-4-,13-12-. The molecule has 0 unspecified atom stereocenters. The van der Waals surface area contributed by atoms with E-state index in [-0.39, 0.29) is 5.97 Å². The van der Waals surface area contributed by atoms with Crippen LogP contribution in [0.3, 0.4) is 0 Å². The summed E-state index contributed by atoms with van der Waals surface area (Å²) in [6.07, 6.45) is 10.2. The van der Waals surface area contributed by atoms with Gasteiger partial charge in [0.1, 0.15) is 0 Å². The van der Waals surface area contributed by atoms with Crippen LogP contribution < -0.4 is 0 Å². The summed E-state index contributed by atoms with van der Waals surface area (Å²) in [5.74, 6) is 0.449. The Morgan fingerprint density at radius 2 is 2.19 bits per heavy atom. The van der Waals surface area contributed by atoms with Crippen LogP contribution in [0.1, 0.15) is 32.6 Å². The van der Waals surface area contributed by atoms with Gasteiger partial charge in [0, 0.05) is 0 Å². The third kappa shape index (κ3) is 3.09. The molecule has 0 atom stereocenters. The number of methoxy groups -OCH3 is 1. The van der Waals surface area contributed by atoms with Gasteiger partial charge in [-0.25, -0.2) is 4.79 Å². The molecule has 0 aromatic heterocycles. The van der Waals surface area contributed by atoms with Crippen molar-refractivity contribution < 1.29 is 9.53 Å². The van der Waals surface area contributed by atoms with Gasteiger partial charge < -0.3 is 4.74 Å². The Bertz CT molecular complexity index is 320. The summed E-state index contributed by atoms with van der Waals surface area (Å²) in [5.41, 5.74) is 1.65. The maximum Gasteiger partial charge on any atom is 0.338 e. The van der Waals surface area contributed by atoms with Gasteiger partial charge in [0.25, 0.3) is 0 Å². The summed E-state index contributed by atoms with van der Waals surface area (Å²) >= 11 is 0. The maximum atomic E-state index is 11.6. The average molecular weight is 220 g/mol. The third-order valence-electron chi connectivity index (χ3n) is 3.06. The predicted molar refractivity (Wildman–Crippen MR) is 66.0 cm³/mol. The lowest BCUT2D eigenvalue weighted by molar-refractivity contribution is -0.135. The zero-order chi connectivity index (χ0) is 12.0. The second-order valence-electron chi connectivity index (χ2n) is 4.14. The van der Waals surface area contributed by atoms with Crippen molar-refractivity contribution in [3.8, 4) is 0 Å². The summed E-state index contributed by atoms with van der Waals surface area (Å²) < 4.78 is 4.79. The zero-order valence-corrected chi connectivity index (χ0v) is 10.2. The maximum absolute atomic E-state index is 11.6. The van der Waals surface area contributed by atoms with Crippen LogP contribution in [-0.4, -0.2) is 13.1 Å². The van der Waals surface area contributed by atoms with Crippen LogP contribution in [0.2, 0.25) is 0 Å². The Labute approximate surface area is 97.7 Å². The number of hydrogen-bond acceptors (Lipinski definition) is 2. The Hall–Kier alpha value is -1.31. The van der Waals surface area contributed by atoms with Gasteiger partial charge in [-0.3, -0.25) is 0 Å². The van der Waals surface area contributed by atoms with Crippen LogP contribution in [0.5, 0.6) is 0 Å². The fourth-order valence-electron chi connectivity index (χ4n) is 1.89. The molecule has 1 saturated carbocycles. The van der Waals surface area contributed by atoms with Crippen molar-refractivity contribution in [2.24, 2.45) is 5.92 Å². The molecular weight excluding hydrogens is 200 g/mol. The summed E-state index contributed by atoms with van der Waals surface area (Å²) in [6.45, 7) is 5.69. The van der Waals surface area contributed by atoms with E-state index < -0.39 is 0 Å². The lowest BCUT2D eigenvalue weighted by atomic mass is 9.80. The number of rotatable bonds is 5. The SMILES string of the molecule is C=C/C(CC1CCC1)=C(\C=C/C)C(=O)OC. The van der Waals surface area contributed by atoms with Crippen LogP contribution in [0.15, 0.2) is 36.0 Å². The van der Waals surface area contributed by atoms with E-state index in [2.05, 4.69) is 6.58 Å².